The van der Waals surface area contributed by atoms with Gasteiger partial charge in [0.1, 0.15) is 0 Å². The molecule has 0 fully saturated rings. The first-order valence-electron chi connectivity index (χ1n) is 8.20. The maximum atomic E-state index is 12.6. The van der Waals surface area contributed by atoms with Gasteiger partial charge in [0.25, 0.3) is 0 Å². The van der Waals surface area contributed by atoms with Gasteiger partial charge in [-0.15, -0.1) is 0 Å². The maximum absolute atomic E-state index is 12.6. The summed E-state index contributed by atoms with van der Waals surface area (Å²) in [5.41, 5.74) is 7.57. The summed E-state index contributed by atoms with van der Waals surface area (Å²) < 4.78 is 0. The number of guanidine groups is 1. The molecule has 0 radical (unpaired) electrons. The lowest BCUT2D eigenvalue weighted by molar-refractivity contribution is 0.250. The number of carbonyl (C=O) groups excluding carboxylic acids is 1. The zero-order valence-corrected chi connectivity index (χ0v) is 15.0. The summed E-state index contributed by atoms with van der Waals surface area (Å²) in [5, 5.41) is 3.22. The second kappa shape index (κ2) is 10.1. The van der Waals surface area contributed by atoms with E-state index in [0.717, 1.165) is 36.9 Å². The number of hydrogen-bond donors (Lipinski definition) is 2. The summed E-state index contributed by atoms with van der Waals surface area (Å²) in [5.74, 6) is 0.148. The number of nitrogens with zero attached hydrogens (tertiary/aromatic N) is 2. The Bertz CT molecular complexity index is 545. The largest absolute Gasteiger partial charge is 0.370 e. The van der Waals surface area contributed by atoms with Gasteiger partial charge in [-0.1, -0.05) is 50.9 Å². The number of para-hydroxylation sites is 1. The van der Waals surface area contributed by atoms with E-state index >= 15 is 0 Å². The summed E-state index contributed by atoms with van der Waals surface area (Å²) in [6, 6.07) is 5.38. The number of anilines is 1. The fourth-order valence-electron chi connectivity index (χ4n) is 2.26. The van der Waals surface area contributed by atoms with Crippen molar-refractivity contribution in [2.24, 2.45) is 10.7 Å². The molecule has 0 aromatic heterocycles. The zero-order valence-electron chi connectivity index (χ0n) is 14.2. The summed E-state index contributed by atoms with van der Waals surface area (Å²) in [6.45, 7) is 7.31. The number of carbonyl (C=O) groups is 1. The number of unbranched alkanes of at least 4 members (excludes halogenated alkanes) is 1. The van der Waals surface area contributed by atoms with Gasteiger partial charge >= 0.3 is 6.03 Å². The molecular formula is C17H27ClN4O. The number of aryl methyl sites for hydroxylation is 1. The molecule has 2 amide bonds. The van der Waals surface area contributed by atoms with Crippen molar-refractivity contribution in [1.29, 1.82) is 0 Å². The fraction of sp³-hybridized carbons (Fsp3) is 0.529. The van der Waals surface area contributed by atoms with Crippen LogP contribution in [-0.4, -0.2) is 25.1 Å². The molecule has 1 aromatic rings. The predicted molar refractivity (Wildman–Crippen MR) is 98.4 cm³/mol. The van der Waals surface area contributed by atoms with Gasteiger partial charge in [0.2, 0.25) is 0 Å². The van der Waals surface area contributed by atoms with Gasteiger partial charge in [-0.3, -0.25) is 15.2 Å². The Hall–Kier alpha value is -1.75. The highest BCUT2D eigenvalue weighted by Crippen LogP contribution is 2.30. The molecule has 3 N–H and O–H groups in total. The highest BCUT2D eigenvalue weighted by Gasteiger charge is 2.20. The summed E-state index contributed by atoms with van der Waals surface area (Å²) in [4.78, 5) is 18.4. The van der Waals surface area contributed by atoms with Crippen LogP contribution in [-0.2, 0) is 6.42 Å². The van der Waals surface area contributed by atoms with Crippen molar-refractivity contribution in [2.45, 2.75) is 46.5 Å². The number of aliphatic imine (C=N–C) groups is 1. The Morgan fingerprint density at radius 3 is 2.65 bits per heavy atom. The van der Waals surface area contributed by atoms with Crippen molar-refractivity contribution >= 4 is 29.3 Å². The van der Waals surface area contributed by atoms with E-state index in [9.17, 15) is 4.79 Å². The molecule has 0 unspecified atom stereocenters. The molecule has 0 aliphatic rings. The van der Waals surface area contributed by atoms with Gasteiger partial charge in [-0.25, -0.2) is 4.79 Å². The van der Waals surface area contributed by atoms with E-state index in [-0.39, 0.29) is 12.0 Å². The van der Waals surface area contributed by atoms with Crippen LogP contribution in [0.3, 0.4) is 0 Å². The first kappa shape index (κ1) is 19.3. The Kier molecular flexibility index (Phi) is 8.48. The van der Waals surface area contributed by atoms with Crippen molar-refractivity contribution in [1.82, 2.24) is 5.32 Å². The van der Waals surface area contributed by atoms with Crippen molar-refractivity contribution in [3.05, 3.63) is 28.8 Å². The summed E-state index contributed by atoms with van der Waals surface area (Å²) in [6.07, 6.45) is 3.59. The molecule has 0 bridgehead atoms. The van der Waals surface area contributed by atoms with Crippen LogP contribution < -0.4 is 16.0 Å². The predicted octanol–water partition coefficient (Wildman–Crippen LogP) is 3.94. The second-order valence-electron chi connectivity index (χ2n) is 5.30. The van der Waals surface area contributed by atoms with Gasteiger partial charge in [-0.2, -0.15) is 0 Å². The third-order valence-electron chi connectivity index (χ3n) is 3.44. The van der Waals surface area contributed by atoms with Crippen LogP contribution in [0.1, 0.15) is 45.6 Å². The first-order chi connectivity index (χ1) is 11.0. The SMILES string of the molecule is CCCCN=C(N)NC(=O)N(CCC)c1c(Cl)cccc1CC. The minimum atomic E-state index is -0.299. The average Bonchev–Trinajstić information content (AvgIpc) is 2.53. The number of halogens is 1. The van der Waals surface area contributed by atoms with E-state index < -0.39 is 0 Å². The molecular weight excluding hydrogens is 312 g/mol. The van der Waals surface area contributed by atoms with Gasteiger partial charge in [0.05, 0.1) is 10.7 Å². The number of hydrogen-bond acceptors (Lipinski definition) is 2. The molecule has 0 saturated carbocycles. The molecule has 128 valence electrons. The van der Waals surface area contributed by atoms with Crippen LogP contribution in [0.25, 0.3) is 0 Å². The third-order valence-corrected chi connectivity index (χ3v) is 3.75. The normalized spacial score (nSPS) is 11.4. The topological polar surface area (TPSA) is 70.7 Å². The van der Waals surface area contributed by atoms with E-state index in [0.29, 0.717) is 18.1 Å². The minimum absolute atomic E-state index is 0.148. The highest BCUT2D eigenvalue weighted by molar-refractivity contribution is 6.34. The standard InChI is InChI=1S/C17H27ClN4O/c1-4-7-11-20-16(19)21-17(23)22(12-5-2)15-13(6-3)9-8-10-14(15)18/h8-10H,4-7,11-12H2,1-3H3,(H3,19,20,21,23). The molecule has 0 heterocycles. The van der Waals surface area contributed by atoms with E-state index in [1.54, 1.807) is 11.0 Å². The quantitative estimate of drug-likeness (QED) is 0.449. The maximum Gasteiger partial charge on any atom is 0.328 e. The number of urea groups is 1. The monoisotopic (exact) mass is 338 g/mol. The van der Waals surface area contributed by atoms with E-state index in [4.69, 9.17) is 17.3 Å². The Labute approximate surface area is 143 Å². The third kappa shape index (κ3) is 5.75. The molecule has 23 heavy (non-hydrogen) atoms. The van der Waals surface area contributed by atoms with Gasteiger partial charge in [-0.05, 0) is 30.9 Å². The minimum Gasteiger partial charge on any atom is -0.370 e. The van der Waals surface area contributed by atoms with E-state index in [1.807, 2.05) is 26.0 Å². The van der Waals surface area contributed by atoms with Gasteiger partial charge in [0, 0.05) is 13.1 Å². The van der Waals surface area contributed by atoms with Gasteiger partial charge < -0.3 is 5.73 Å². The lowest BCUT2D eigenvalue weighted by Crippen LogP contribution is -2.46. The molecule has 0 atom stereocenters. The average molecular weight is 339 g/mol. The molecule has 6 heteroatoms. The molecule has 0 saturated heterocycles. The molecule has 0 aliphatic heterocycles. The van der Waals surface area contributed by atoms with Crippen LogP contribution in [0.2, 0.25) is 5.02 Å². The fourth-order valence-corrected chi connectivity index (χ4v) is 2.56. The van der Waals surface area contributed by atoms with Gasteiger partial charge in [0.15, 0.2) is 5.96 Å². The van der Waals surface area contributed by atoms with E-state index in [2.05, 4.69) is 17.2 Å². The molecule has 0 aliphatic carbocycles. The summed E-state index contributed by atoms with van der Waals surface area (Å²) >= 11 is 6.34. The molecule has 0 spiro atoms. The van der Waals surface area contributed by atoms with Crippen molar-refractivity contribution < 1.29 is 4.79 Å². The van der Waals surface area contributed by atoms with Crippen LogP contribution >= 0.6 is 11.6 Å². The summed E-state index contributed by atoms with van der Waals surface area (Å²) in [7, 11) is 0. The lowest BCUT2D eigenvalue weighted by atomic mass is 10.1. The van der Waals surface area contributed by atoms with Crippen molar-refractivity contribution in [3.63, 3.8) is 0 Å². The van der Waals surface area contributed by atoms with Crippen LogP contribution in [0.5, 0.6) is 0 Å². The lowest BCUT2D eigenvalue weighted by Gasteiger charge is -2.25. The number of benzene rings is 1. The van der Waals surface area contributed by atoms with Crippen molar-refractivity contribution in [2.75, 3.05) is 18.0 Å². The van der Waals surface area contributed by atoms with Crippen LogP contribution in [0.15, 0.2) is 23.2 Å². The Morgan fingerprint density at radius 1 is 1.30 bits per heavy atom. The van der Waals surface area contributed by atoms with Crippen LogP contribution in [0, 0.1) is 0 Å². The molecule has 5 nitrogen and oxygen atoms in total. The van der Waals surface area contributed by atoms with E-state index in [1.165, 1.54) is 0 Å². The van der Waals surface area contributed by atoms with Crippen molar-refractivity contribution in [3.8, 4) is 0 Å². The number of rotatable bonds is 7. The Balaban J connectivity index is 2.98. The number of nitrogens with two attached hydrogens (primary N) is 1. The Morgan fingerprint density at radius 2 is 2.04 bits per heavy atom. The number of amides is 2. The van der Waals surface area contributed by atoms with Crippen LogP contribution in [0.4, 0.5) is 10.5 Å². The smallest absolute Gasteiger partial charge is 0.328 e. The first-order valence-corrected chi connectivity index (χ1v) is 8.58. The zero-order chi connectivity index (χ0) is 17.2. The number of nitrogens with one attached hydrogen (secondary N) is 1. The molecule has 1 rings (SSSR count). The molecule has 1 aromatic carbocycles. The second-order valence-corrected chi connectivity index (χ2v) is 5.71. The highest BCUT2D eigenvalue weighted by atomic mass is 35.5.